The molecule has 0 spiro atoms. The maximum absolute atomic E-state index is 12.2. The molecule has 0 unspecified atom stereocenters. The van der Waals surface area contributed by atoms with E-state index in [1.165, 1.54) is 27.8 Å². The van der Waals surface area contributed by atoms with E-state index in [9.17, 15) is 4.79 Å². The molecule has 0 aromatic carbocycles. The van der Waals surface area contributed by atoms with Crippen molar-refractivity contribution in [1.29, 1.82) is 0 Å². The number of thiazole rings is 1. The summed E-state index contributed by atoms with van der Waals surface area (Å²) in [5, 5.41) is 14.9. The monoisotopic (exact) mass is 388 g/mol. The Bertz CT molecular complexity index is 955. The van der Waals surface area contributed by atoms with E-state index in [0.717, 1.165) is 4.88 Å². The molecule has 0 aliphatic heterocycles. The van der Waals surface area contributed by atoms with Gasteiger partial charge in [0.05, 0.1) is 18.3 Å². The molecule has 4 rings (SSSR count). The second-order valence-corrected chi connectivity index (χ2v) is 7.01. The highest BCUT2D eigenvalue weighted by Crippen LogP contribution is 2.39. The summed E-state index contributed by atoms with van der Waals surface area (Å²) < 4.78 is 12.4. The number of carbonyl (C=O) groups is 1. The molecule has 0 aliphatic carbocycles. The van der Waals surface area contributed by atoms with Crippen LogP contribution in [-0.4, -0.2) is 36.9 Å². The largest absolute Gasteiger partial charge is 0.463 e. The molecular weight excluding hydrogens is 376 g/mol. The Morgan fingerprint density at radius 3 is 2.69 bits per heavy atom. The highest BCUT2D eigenvalue weighted by molar-refractivity contribution is 7.99. The second kappa shape index (κ2) is 7.14. The Hall–Kier alpha value is -2.92. The van der Waals surface area contributed by atoms with Gasteiger partial charge in [0.25, 0.3) is 0 Å². The van der Waals surface area contributed by atoms with Crippen LogP contribution in [0.3, 0.4) is 0 Å². The Balaban J connectivity index is 1.52. The normalized spacial score (nSPS) is 11.0. The number of amides is 1. The van der Waals surface area contributed by atoms with Gasteiger partial charge in [0.15, 0.2) is 10.9 Å². The average Bonchev–Trinajstić information content (AvgIpc) is 3.40. The number of anilines is 1. The van der Waals surface area contributed by atoms with Crippen LogP contribution >= 0.6 is 23.1 Å². The lowest BCUT2D eigenvalue weighted by molar-refractivity contribution is -0.113. The minimum absolute atomic E-state index is 0.167. The molecule has 0 bridgehead atoms. The van der Waals surface area contributed by atoms with Gasteiger partial charge in [0.2, 0.25) is 11.1 Å². The van der Waals surface area contributed by atoms with Gasteiger partial charge >= 0.3 is 0 Å². The van der Waals surface area contributed by atoms with Crippen LogP contribution in [0.25, 0.3) is 22.1 Å². The van der Waals surface area contributed by atoms with E-state index in [4.69, 9.17) is 8.83 Å². The molecule has 0 saturated heterocycles. The maximum atomic E-state index is 12.2. The van der Waals surface area contributed by atoms with E-state index in [-0.39, 0.29) is 11.7 Å². The van der Waals surface area contributed by atoms with E-state index < -0.39 is 0 Å². The molecule has 0 saturated carbocycles. The third kappa shape index (κ3) is 3.39. The Kier molecular flexibility index (Phi) is 4.54. The van der Waals surface area contributed by atoms with E-state index >= 15 is 0 Å². The smallest absolute Gasteiger partial charge is 0.236 e. The van der Waals surface area contributed by atoms with E-state index in [1.54, 1.807) is 31.7 Å². The van der Waals surface area contributed by atoms with Crippen molar-refractivity contribution in [3.05, 3.63) is 36.8 Å². The second-order valence-electron chi connectivity index (χ2n) is 5.07. The summed E-state index contributed by atoms with van der Waals surface area (Å²) in [7, 11) is 1.71. The summed E-state index contributed by atoms with van der Waals surface area (Å²) in [5.41, 5.74) is 0.621. The van der Waals surface area contributed by atoms with Gasteiger partial charge in [-0.2, -0.15) is 0 Å². The summed E-state index contributed by atoms with van der Waals surface area (Å²) in [6.07, 6.45) is 3.16. The predicted molar refractivity (Wildman–Crippen MR) is 95.7 cm³/mol. The number of carbonyl (C=O) groups excluding carboxylic acids is 1. The zero-order valence-electron chi connectivity index (χ0n) is 13.4. The number of aryl methyl sites for hydroxylation is 1. The van der Waals surface area contributed by atoms with Gasteiger partial charge < -0.3 is 14.2 Å². The summed E-state index contributed by atoms with van der Waals surface area (Å²) in [6.45, 7) is 0. The van der Waals surface area contributed by atoms with Crippen molar-refractivity contribution in [3.8, 4) is 22.1 Å². The Labute approximate surface area is 155 Å². The fraction of sp³-hybridized carbons (Fsp3) is 0.133. The highest BCUT2D eigenvalue weighted by atomic mass is 32.2. The molecule has 9 nitrogen and oxygen atoms in total. The molecule has 1 N–H and O–H groups in total. The quantitative estimate of drug-likeness (QED) is 0.502. The summed E-state index contributed by atoms with van der Waals surface area (Å²) in [5.74, 6) is 1.23. The Morgan fingerprint density at radius 2 is 2.04 bits per heavy atom. The van der Waals surface area contributed by atoms with Gasteiger partial charge in [-0.3, -0.25) is 4.79 Å². The van der Waals surface area contributed by atoms with E-state index in [0.29, 0.717) is 27.5 Å². The maximum Gasteiger partial charge on any atom is 0.236 e. The van der Waals surface area contributed by atoms with Crippen molar-refractivity contribution < 1.29 is 13.6 Å². The molecule has 0 radical (unpaired) electrons. The van der Waals surface area contributed by atoms with Gasteiger partial charge in [-0.05, 0) is 34.7 Å². The van der Waals surface area contributed by atoms with Crippen LogP contribution in [0.15, 0.2) is 50.8 Å². The zero-order valence-corrected chi connectivity index (χ0v) is 15.1. The lowest BCUT2D eigenvalue weighted by atomic mass is 10.2. The molecule has 26 heavy (non-hydrogen) atoms. The van der Waals surface area contributed by atoms with E-state index in [1.807, 2.05) is 12.1 Å². The third-order valence-corrected chi connectivity index (χ3v) is 5.28. The standard InChI is InChI=1S/C15H12N6O3S2/c1-21-15(18-19-20-21)25-8-11(22)16-14-17-12(9-4-2-6-23-9)13(26-14)10-5-3-7-24-10/h2-7H,8H2,1H3,(H,16,17,22). The average molecular weight is 388 g/mol. The number of hydrogen-bond acceptors (Lipinski definition) is 9. The number of rotatable bonds is 6. The summed E-state index contributed by atoms with van der Waals surface area (Å²) >= 11 is 2.56. The molecule has 0 fully saturated rings. The van der Waals surface area contributed by atoms with Crippen molar-refractivity contribution in [2.75, 3.05) is 11.1 Å². The fourth-order valence-electron chi connectivity index (χ4n) is 2.16. The zero-order chi connectivity index (χ0) is 17.9. The topological polar surface area (TPSA) is 112 Å². The van der Waals surface area contributed by atoms with Crippen LogP contribution in [0.1, 0.15) is 0 Å². The van der Waals surface area contributed by atoms with Gasteiger partial charge in [-0.1, -0.05) is 23.1 Å². The first-order chi connectivity index (χ1) is 12.7. The van der Waals surface area contributed by atoms with Crippen molar-refractivity contribution in [3.63, 3.8) is 0 Å². The predicted octanol–water partition coefficient (Wildman–Crippen LogP) is 2.92. The minimum atomic E-state index is -0.205. The molecule has 0 aliphatic rings. The number of furan rings is 2. The minimum Gasteiger partial charge on any atom is -0.463 e. The molecule has 11 heteroatoms. The van der Waals surface area contributed by atoms with Crippen LogP contribution < -0.4 is 5.32 Å². The van der Waals surface area contributed by atoms with Gasteiger partial charge in [0, 0.05) is 7.05 Å². The molecule has 4 aromatic heterocycles. The number of nitrogens with zero attached hydrogens (tertiary/aromatic N) is 5. The molecule has 4 heterocycles. The lowest BCUT2D eigenvalue weighted by Crippen LogP contribution is -2.14. The SMILES string of the molecule is Cn1nnnc1SCC(=O)Nc1nc(-c2ccco2)c(-c2ccco2)s1. The molecular formula is C15H12N6O3S2. The van der Waals surface area contributed by atoms with Crippen LogP contribution in [0.5, 0.6) is 0 Å². The van der Waals surface area contributed by atoms with Gasteiger partial charge in [-0.25, -0.2) is 9.67 Å². The first-order valence-electron chi connectivity index (χ1n) is 7.44. The fourth-order valence-corrected chi connectivity index (χ4v) is 3.76. The molecule has 4 aromatic rings. The number of tetrazole rings is 1. The number of thioether (sulfide) groups is 1. The summed E-state index contributed by atoms with van der Waals surface area (Å²) in [4.78, 5) is 17.5. The molecule has 0 atom stereocenters. The van der Waals surface area contributed by atoms with E-state index in [2.05, 4.69) is 25.8 Å². The number of aromatic nitrogens is 5. The van der Waals surface area contributed by atoms with Gasteiger partial charge in [0.1, 0.15) is 16.3 Å². The number of hydrogen-bond donors (Lipinski definition) is 1. The highest BCUT2D eigenvalue weighted by Gasteiger charge is 2.20. The summed E-state index contributed by atoms with van der Waals surface area (Å²) in [6, 6.07) is 7.22. The van der Waals surface area contributed by atoms with Crippen LogP contribution in [0.2, 0.25) is 0 Å². The van der Waals surface area contributed by atoms with Crippen molar-refractivity contribution >= 4 is 34.1 Å². The first-order valence-corrected chi connectivity index (χ1v) is 9.24. The Morgan fingerprint density at radius 1 is 1.27 bits per heavy atom. The van der Waals surface area contributed by atoms with Crippen LogP contribution in [0, 0.1) is 0 Å². The lowest BCUT2D eigenvalue weighted by Gasteiger charge is -2.00. The molecule has 132 valence electrons. The van der Waals surface area contributed by atoms with Crippen molar-refractivity contribution in [1.82, 2.24) is 25.2 Å². The molecule has 1 amide bonds. The number of nitrogens with one attached hydrogen (secondary N) is 1. The van der Waals surface area contributed by atoms with Crippen molar-refractivity contribution in [2.24, 2.45) is 7.05 Å². The van der Waals surface area contributed by atoms with Crippen molar-refractivity contribution in [2.45, 2.75) is 5.16 Å². The van der Waals surface area contributed by atoms with Crippen LogP contribution in [-0.2, 0) is 11.8 Å². The third-order valence-electron chi connectivity index (χ3n) is 3.29. The van der Waals surface area contributed by atoms with Gasteiger partial charge in [-0.15, -0.1) is 5.10 Å². The first kappa shape index (κ1) is 16.5. The van der Waals surface area contributed by atoms with Crippen LogP contribution in [0.4, 0.5) is 5.13 Å².